The summed E-state index contributed by atoms with van der Waals surface area (Å²) < 4.78 is 36.7. The van der Waals surface area contributed by atoms with Crippen LogP contribution in [-0.2, 0) is 9.84 Å². The molecule has 1 saturated heterocycles. The van der Waals surface area contributed by atoms with Crippen LogP contribution in [-0.4, -0.2) is 54.9 Å². The third kappa shape index (κ3) is 3.21. The molecule has 0 aliphatic carbocycles. The summed E-state index contributed by atoms with van der Waals surface area (Å²) in [7, 11) is -1.73. The third-order valence-electron chi connectivity index (χ3n) is 3.52. The topological polar surface area (TPSA) is 91.8 Å². The average Bonchev–Trinajstić information content (AvgIpc) is 2.77. The number of carbonyl (C=O) groups is 2. The second-order valence-electron chi connectivity index (χ2n) is 4.97. The van der Waals surface area contributed by atoms with Crippen LogP contribution in [0.1, 0.15) is 27.1 Å². The molecule has 1 aromatic rings. The molecule has 1 N–H and O–H groups in total. The highest BCUT2D eigenvalue weighted by Gasteiger charge is 2.33. The van der Waals surface area contributed by atoms with E-state index >= 15 is 0 Å². The van der Waals surface area contributed by atoms with Crippen LogP contribution in [0.25, 0.3) is 0 Å². The van der Waals surface area contributed by atoms with Gasteiger partial charge in [-0.1, -0.05) is 0 Å². The van der Waals surface area contributed by atoms with Crippen molar-refractivity contribution in [1.82, 2.24) is 4.90 Å². The molecule has 6 nitrogen and oxygen atoms in total. The van der Waals surface area contributed by atoms with E-state index in [9.17, 15) is 22.4 Å². The summed E-state index contributed by atoms with van der Waals surface area (Å²) in [5, 5.41) is 8.75. The fraction of sp³-hybridized carbons (Fsp3) is 0.385. The smallest absolute Gasteiger partial charge is 0.335 e. The van der Waals surface area contributed by atoms with Gasteiger partial charge in [0.15, 0.2) is 9.84 Å². The number of amides is 1. The quantitative estimate of drug-likeness (QED) is 0.890. The molecular weight excluding hydrogens is 301 g/mol. The monoisotopic (exact) mass is 315 g/mol. The Kier molecular flexibility index (Phi) is 3.99. The van der Waals surface area contributed by atoms with E-state index in [4.69, 9.17) is 5.11 Å². The molecule has 2 rings (SSSR count). The van der Waals surface area contributed by atoms with Gasteiger partial charge in [0, 0.05) is 13.1 Å². The fourth-order valence-corrected chi connectivity index (χ4v) is 4.03. The van der Waals surface area contributed by atoms with Crippen molar-refractivity contribution in [1.29, 1.82) is 0 Å². The van der Waals surface area contributed by atoms with Gasteiger partial charge in [0.25, 0.3) is 5.91 Å². The van der Waals surface area contributed by atoms with E-state index in [-0.39, 0.29) is 22.6 Å². The predicted molar refractivity (Wildman–Crippen MR) is 72.5 cm³/mol. The number of sulfone groups is 1. The highest BCUT2D eigenvalue weighted by molar-refractivity contribution is 7.91. The lowest BCUT2D eigenvalue weighted by molar-refractivity contribution is 0.0691. The lowest BCUT2D eigenvalue weighted by Gasteiger charge is -2.23. The van der Waals surface area contributed by atoms with Crippen LogP contribution >= 0.6 is 0 Å². The lowest BCUT2D eigenvalue weighted by Crippen LogP contribution is -2.38. The first-order valence-corrected chi connectivity index (χ1v) is 8.04. The number of hydrogen-bond donors (Lipinski definition) is 1. The summed E-state index contributed by atoms with van der Waals surface area (Å²) in [5.74, 6) is -3.01. The normalized spacial score (nSPS) is 20.2. The molecular formula is C13H14FNO5S. The summed E-state index contributed by atoms with van der Waals surface area (Å²) in [6, 6.07) is 2.52. The Labute approximate surface area is 121 Å². The molecule has 1 unspecified atom stereocenters. The van der Waals surface area contributed by atoms with E-state index in [2.05, 4.69) is 0 Å². The van der Waals surface area contributed by atoms with Gasteiger partial charge in [0.05, 0.1) is 22.6 Å². The van der Waals surface area contributed by atoms with Crippen LogP contribution in [0.15, 0.2) is 18.2 Å². The Morgan fingerprint density at radius 1 is 1.38 bits per heavy atom. The number of carboxylic acids is 1. The largest absolute Gasteiger partial charge is 0.478 e. The van der Waals surface area contributed by atoms with Crippen molar-refractivity contribution in [3.8, 4) is 0 Å². The maximum absolute atomic E-state index is 13.8. The van der Waals surface area contributed by atoms with Crippen LogP contribution in [0, 0.1) is 5.82 Å². The molecule has 1 amide bonds. The second-order valence-corrected chi connectivity index (χ2v) is 7.20. The van der Waals surface area contributed by atoms with Crippen LogP contribution in [0.5, 0.6) is 0 Å². The third-order valence-corrected chi connectivity index (χ3v) is 5.27. The molecule has 1 aliphatic rings. The molecule has 1 aromatic carbocycles. The first-order valence-electron chi connectivity index (χ1n) is 6.22. The standard InChI is InChI=1S/C13H14FNO5S/c1-15(9-4-5-21(19,20)7-9)12(16)10-3-2-8(13(17)18)6-11(10)14/h2-3,6,9H,4-5,7H2,1H3,(H,17,18). The molecule has 0 spiro atoms. The SMILES string of the molecule is CN(C(=O)c1ccc(C(=O)O)cc1F)C1CCS(=O)(=O)C1. The van der Waals surface area contributed by atoms with Gasteiger partial charge in [-0.25, -0.2) is 17.6 Å². The average molecular weight is 315 g/mol. The van der Waals surface area contributed by atoms with Crippen LogP contribution < -0.4 is 0 Å². The molecule has 0 bridgehead atoms. The summed E-state index contributed by atoms with van der Waals surface area (Å²) >= 11 is 0. The fourth-order valence-electron chi connectivity index (χ4n) is 2.26. The molecule has 21 heavy (non-hydrogen) atoms. The molecule has 1 fully saturated rings. The summed E-state index contributed by atoms with van der Waals surface area (Å²) in [5.41, 5.74) is -0.526. The number of carbonyl (C=O) groups excluding carboxylic acids is 1. The van der Waals surface area contributed by atoms with Crippen molar-refractivity contribution in [3.63, 3.8) is 0 Å². The number of hydrogen-bond acceptors (Lipinski definition) is 4. The van der Waals surface area contributed by atoms with Gasteiger partial charge < -0.3 is 10.0 Å². The van der Waals surface area contributed by atoms with E-state index in [0.717, 1.165) is 18.2 Å². The Morgan fingerprint density at radius 3 is 2.52 bits per heavy atom. The number of rotatable bonds is 3. The Hall–Kier alpha value is -1.96. The maximum atomic E-state index is 13.8. The summed E-state index contributed by atoms with van der Waals surface area (Å²) in [4.78, 5) is 24.1. The Bertz CT molecular complexity index is 701. The van der Waals surface area contributed by atoms with Crippen LogP contribution in [0.3, 0.4) is 0 Å². The van der Waals surface area contributed by atoms with Crippen molar-refractivity contribution >= 4 is 21.7 Å². The van der Waals surface area contributed by atoms with Gasteiger partial charge in [0.2, 0.25) is 0 Å². The highest BCUT2D eigenvalue weighted by Crippen LogP contribution is 2.20. The maximum Gasteiger partial charge on any atom is 0.335 e. The molecule has 8 heteroatoms. The molecule has 0 saturated carbocycles. The van der Waals surface area contributed by atoms with Gasteiger partial charge in [-0.15, -0.1) is 0 Å². The van der Waals surface area contributed by atoms with E-state index in [1.165, 1.54) is 11.9 Å². The van der Waals surface area contributed by atoms with Gasteiger partial charge in [0.1, 0.15) is 5.82 Å². The van der Waals surface area contributed by atoms with E-state index < -0.39 is 33.6 Å². The zero-order valence-electron chi connectivity index (χ0n) is 11.2. The van der Waals surface area contributed by atoms with E-state index in [0.29, 0.717) is 6.42 Å². The first-order chi connectivity index (χ1) is 9.71. The number of nitrogens with zero attached hydrogens (tertiary/aromatic N) is 1. The molecule has 0 aromatic heterocycles. The lowest BCUT2D eigenvalue weighted by atomic mass is 10.1. The zero-order chi connectivity index (χ0) is 15.8. The van der Waals surface area contributed by atoms with E-state index in [1.807, 2.05) is 0 Å². The number of benzene rings is 1. The zero-order valence-corrected chi connectivity index (χ0v) is 12.1. The van der Waals surface area contributed by atoms with Gasteiger partial charge in [-0.05, 0) is 24.6 Å². The minimum absolute atomic E-state index is 0.00964. The molecule has 1 atom stereocenters. The summed E-state index contributed by atoms with van der Waals surface area (Å²) in [6.07, 6.45) is 0.319. The number of halogens is 1. The summed E-state index contributed by atoms with van der Waals surface area (Å²) in [6.45, 7) is 0. The number of carboxylic acid groups (broad SMARTS) is 1. The first kappa shape index (κ1) is 15.4. The van der Waals surface area contributed by atoms with Crippen LogP contribution in [0.4, 0.5) is 4.39 Å². The van der Waals surface area contributed by atoms with Gasteiger partial charge in [-0.3, -0.25) is 4.79 Å². The highest BCUT2D eigenvalue weighted by atomic mass is 32.2. The predicted octanol–water partition coefficient (Wildman–Crippen LogP) is 0.783. The molecule has 1 aliphatic heterocycles. The molecule has 114 valence electrons. The van der Waals surface area contributed by atoms with Gasteiger partial charge >= 0.3 is 5.97 Å². The van der Waals surface area contributed by atoms with Crippen molar-refractivity contribution in [2.45, 2.75) is 12.5 Å². The minimum atomic E-state index is -3.15. The molecule has 0 radical (unpaired) electrons. The van der Waals surface area contributed by atoms with Crippen molar-refractivity contribution in [2.24, 2.45) is 0 Å². The van der Waals surface area contributed by atoms with Crippen molar-refractivity contribution in [3.05, 3.63) is 35.1 Å². The second kappa shape index (κ2) is 5.44. The number of aromatic carboxylic acids is 1. The minimum Gasteiger partial charge on any atom is -0.478 e. The Morgan fingerprint density at radius 2 is 2.05 bits per heavy atom. The molecule has 1 heterocycles. The van der Waals surface area contributed by atoms with Crippen molar-refractivity contribution < 1.29 is 27.5 Å². The van der Waals surface area contributed by atoms with Gasteiger partial charge in [-0.2, -0.15) is 0 Å². The van der Waals surface area contributed by atoms with Crippen LogP contribution in [0.2, 0.25) is 0 Å². The van der Waals surface area contributed by atoms with E-state index in [1.54, 1.807) is 0 Å². The van der Waals surface area contributed by atoms with Crippen molar-refractivity contribution in [2.75, 3.05) is 18.6 Å². The Balaban J connectivity index is 2.22.